The first-order valence-corrected chi connectivity index (χ1v) is 9.99. The molecule has 2 aliphatic rings. The quantitative estimate of drug-likeness (QED) is 0.758. The zero-order chi connectivity index (χ0) is 16.4. The molecule has 8 heteroatoms. The largest absolute Gasteiger partial charge is 0.335 e. The molecule has 1 aromatic rings. The number of hydrogen-bond donors (Lipinski definition) is 1. The highest BCUT2D eigenvalue weighted by molar-refractivity contribution is 7.91. The maximum Gasteiger partial charge on any atom is 0.237 e. The summed E-state index contributed by atoms with van der Waals surface area (Å²) >= 11 is 0. The third-order valence-corrected chi connectivity index (χ3v) is 6.20. The van der Waals surface area contributed by atoms with Crippen molar-refractivity contribution in [2.75, 3.05) is 18.1 Å². The molecule has 2 atom stereocenters. The molecule has 1 aliphatic carbocycles. The van der Waals surface area contributed by atoms with Gasteiger partial charge in [-0.25, -0.2) is 8.42 Å². The fraction of sp³-hybridized carbons (Fsp3) is 0.733. The van der Waals surface area contributed by atoms with Gasteiger partial charge in [0.2, 0.25) is 5.91 Å². The first-order valence-electron chi connectivity index (χ1n) is 8.17. The number of aromatic nitrogens is 2. The number of sulfone groups is 1. The Morgan fingerprint density at radius 1 is 1.39 bits per heavy atom. The van der Waals surface area contributed by atoms with Crippen LogP contribution in [0.5, 0.6) is 0 Å². The lowest BCUT2D eigenvalue weighted by Crippen LogP contribution is -2.48. The molecule has 23 heavy (non-hydrogen) atoms. The SMILES string of the molecule is C[C@@H](Cn1cccn1)NCC(=O)N(C1CC1)[C@H]1CCS(=O)(=O)C1. The molecule has 1 saturated heterocycles. The minimum absolute atomic E-state index is 0.0157. The molecule has 1 aromatic heterocycles. The van der Waals surface area contributed by atoms with Gasteiger partial charge in [0.15, 0.2) is 9.84 Å². The monoisotopic (exact) mass is 340 g/mol. The van der Waals surface area contributed by atoms with Crippen molar-refractivity contribution in [1.29, 1.82) is 0 Å². The highest BCUT2D eigenvalue weighted by Gasteiger charge is 2.41. The molecule has 1 aliphatic heterocycles. The minimum Gasteiger partial charge on any atom is -0.335 e. The Morgan fingerprint density at radius 2 is 2.17 bits per heavy atom. The van der Waals surface area contributed by atoms with Crippen LogP contribution in [0.25, 0.3) is 0 Å². The van der Waals surface area contributed by atoms with E-state index >= 15 is 0 Å². The van der Waals surface area contributed by atoms with Crippen molar-refractivity contribution in [3.63, 3.8) is 0 Å². The molecule has 0 bridgehead atoms. The van der Waals surface area contributed by atoms with E-state index in [-0.39, 0.29) is 42.1 Å². The number of nitrogens with one attached hydrogen (secondary N) is 1. The zero-order valence-electron chi connectivity index (χ0n) is 13.4. The van der Waals surface area contributed by atoms with Crippen molar-refractivity contribution in [1.82, 2.24) is 20.0 Å². The normalized spacial score (nSPS) is 24.5. The van der Waals surface area contributed by atoms with Crippen LogP contribution in [-0.4, -0.2) is 65.2 Å². The molecular weight excluding hydrogens is 316 g/mol. The zero-order valence-corrected chi connectivity index (χ0v) is 14.2. The molecule has 2 heterocycles. The Balaban J connectivity index is 1.53. The standard InChI is InChI=1S/C15H24N4O3S/c1-12(10-18-7-2-6-17-18)16-9-15(20)19(13-3-4-13)14-5-8-23(21,22)11-14/h2,6-7,12-14,16H,3-5,8-11H2,1H3/t12-,14-/m0/s1. The molecule has 1 amide bonds. The van der Waals surface area contributed by atoms with Gasteiger partial charge < -0.3 is 10.2 Å². The second kappa shape index (κ2) is 6.60. The summed E-state index contributed by atoms with van der Waals surface area (Å²) in [6.07, 6.45) is 6.18. The summed E-state index contributed by atoms with van der Waals surface area (Å²) in [5, 5.41) is 7.38. The summed E-state index contributed by atoms with van der Waals surface area (Å²) in [6, 6.07) is 2.09. The Hall–Kier alpha value is -1.41. The van der Waals surface area contributed by atoms with Gasteiger partial charge in [-0.15, -0.1) is 0 Å². The van der Waals surface area contributed by atoms with E-state index in [0.29, 0.717) is 13.0 Å². The van der Waals surface area contributed by atoms with E-state index in [2.05, 4.69) is 10.4 Å². The van der Waals surface area contributed by atoms with Crippen LogP contribution >= 0.6 is 0 Å². The van der Waals surface area contributed by atoms with E-state index < -0.39 is 9.84 Å². The van der Waals surface area contributed by atoms with Gasteiger partial charge in [-0.05, 0) is 32.3 Å². The van der Waals surface area contributed by atoms with Crippen molar-refractivity contribution in [2.45, 2.75) is 50.9 Å². The van der Waals surface area contributed by atoms with E-state index in [1.165, 1.54) is 0 Å². The number of amides is 1. The van der Waals surface area contributed by atoms with E-state index in [1.54, 1.807) is 6.20 Å². The summed E-state index contributed by atoms with van der Waals surface area (Å²) in [4.78, 5) is 14.4. The predicted octanol–water partition coefficient (Wildman–Crippen LogP) is 0.0393. The Labute approximate surface area is 137 Å². The maximum atomic E-state index is 12.6. The predicted molar refractivity (Wildman–Crippen MR) is 86.6 cm³/mol. The van der Waals surface area contributed by atoms with Crippen LogP contribution in [0.3, 0.4) is 0 Å². The molecule has 0 unspecified atom stereocenters. The summed E-state index contributed by atoms with van der Waals surface area (Å²) in [7, 11) is -2.97. The second-order valence-corrected chi connectivity index (χ2v) is 8.83. The van der Waals surface area contributed by atoms with Gasteiger partial charge in [0.1, 0.15) is 0 Å². The smallest absolute Gasteiger partial charge is 0.237 e. The van der Waals surface area contributed by atoms with Crippen LogP contribution in [-0.2, 0) is 21.2 Å². The number of rotatable bonds is 7. The van der Waals surface area contributed by atoms with Gasteiger partial charge in [-0.3, -0.25) is 9.48 Å². The molecule has 0 aromatic carbocycles. The number of carbonyl (C=O) groups excluding carboxylic acids is 1. The third kappa shape index (κ3) is 4.32. The van der Waals surface area contributed by atoms with Crippen LogP contribution < -0.4 is 5.32 Å². The average molecular weight is 340 g/mol. The van der Waals surface area contributed by atoms with Crippen LogP contribution in [0.2, 0.25) is 0 Å². The third-order valence-electron chi connectivity index (χ3n) is 4.45. The molecular formula is C15H24N4O3S. The lowest BCUT2D eigenvalue weighted by molar-refractivity contribution is -0.132. The van der Waals surface area contributed by atoms with Crippen molar-refractivity contribution >= 4 is 15.7 Å². The van der Waals surface area contributed by atoms with Gasteiger partial charge in [0.25, 0.3) is 0 Å². The lowest BCUT2D eigenvalue weighted by atomic mass is 10.2. The van der Waals surface area contributed by atoms with Crippen LogP contribution in [0.1, 0.15) is 26.2 Å². The van der Waals surface area contributed by atoms with Crippen molar-refractivity contribution in [2.24, 2.45) is 0 Å². The van der Waals surface area contributed by atoms with Gasteiger partial charge in [-0.1, -0.05) is 0 Å². The van der Waals surface area contributed by atoms with Crippen LogP contribution in [0, 0.1) is 0 Å². The van der Waals surface area contributed by atoms with E-state index in [4.69, 9.17) is 0 Å². The molecule has 0 spiro atoms. The highest BCUT2D eigenvalue weighted by Crippen LogP contribution is 2.32. The first kappa shape index (κ1) is 16.4. The fourth-order valence-corrected chi connectivity index (χ4v) is 4.87. The lowest BCUT2D eigenvalue weighted by Gasteiger charge is -2.29. The number of nitrogens with zero attached hydrogens (tertiary/aromatic N) is 3. The van der Waals surface area contributed by atoms with E-state index in [1.807, 2.05) is 28.8 Å². The number of carbonyl (C=O) groups is 1. The minimum atomic E-state index is -2.97. The second-order valence-electron chi connectivity index (χ2n) is 6.60. The molecule has 1 N–H and O–H groups in total. The van der Waals surface area contributed by atoms with Crippen LogP contribution in [0.4, 0.5) is 0 Å². The van der Waals surface area contributed by atoms with Crippen molar-refractivity contribution < 1.29 is 13.2 Å². The van der Waals surface area contributed by atoms with Gasteiger partial charge in [-0.2, -0.15) is 5.10 Å². The summed E-state index contributed by atoms with van der Waals surface area (Å²) in [6.45, 7) is 2.95. The van der Waals surface area contributed by atoms with Crippen molar-refractivity contribution in [3.8, 4) is 0 Å². The molecule has 3 rings (SSSR count). The molecule has 7 nitrogen and oxygen atoms in total. The maximum absolute atomic E-state index is 12.6. The molecule has 2 fully saturated rings. The molecule has 128 valence electrons. The molecule has 0 radical (unpaired) electrons. The van der Waals surface area contributed by atoms with E-state index in [0.717, 1.165) is 12.8 Å². The van der Waals surface area contributed by atoms with Crippen LogP contribution in [0.15, 0.2) is 18.5 Å². The Morgan fingerprint density at radius 3 is 2.74 bits per heavy atom. The van der Waals surface area contributed by atoms with E-state index in [9.17, 15) is 13.2 Å². The van der Waals surface area contributed by atoms with Gasteiger partial charge >= 0.3 is 0 Å². The summed E-state index contributed by atoms with van der Waals surface area (Å²) < 4.78 is 25.2. The Kier molecular flexibility index (Phi) is 4.72. The highest BCUT2D eigenvalue weighted by atomic mass is 32.2. The average Bonchev–Trinajstić information content (AvgIpc) is 3.06. The topological polar surface area (TPSA) is 84.3 Å². The van der Waals surface area contributed by atoms with Gasteiger partial charge in [0.05, 0.1) is 24.6 Å². The fourth-order valence-electron chi connectivity index (χ4n) is 3.16. The molecule has 1 saturated carbocycles. The summed E-state index contributed by atoms with van der Waals surface area (Å²) in [5.41, 5.74) is 0. The Bertz CT molecular complexity index is 640. The van der Waals surface area contributed by atoms with Crippen molar-refractivity contribution in [3.05, 3.63) is 18.5 Å². The first-order chi connectivity index (χ1) is 10.9. The number of hydrogen-bond acceptors (Lipinski definition) is 5. The summed E-state index contributed by atoms with van der Waals surface area (Å²) in [5.74, 6) is 0.344. The van der Waals surface area contributed by atoms with Gasteiger partial charge in [0, 0.05) is 30.5 Å².